The van der Waals surface area contributed by atoms with Gasteiger partial charge in [-0.25, -0.2) is 14.3 Å². The number of carbonyl (C=O) groups is 1. The van der Waals surface area contributed by atoms with Gasteiger partial charge in [-0.15, -0.1) is 11.3 Å². The van der Waals surface area contributed by atoms with Gasteiger partial charge in [0.05, 0.1) is 23.4 Å². The second-order valence-electron chi connectivity index (χ2n) is 6.26. The average Bonchev–Trinajstić information content (AvgIpc) is 3.29. The van der Waals surface area contributed by atoms with E-state index in [1.165, 1.54) is 22.1 Å². The zero-order valence-corrected chi connectivity index (χ0v) is 16.8. The van der Waals surface area contributed by atoms with E-state index in [-0.39, 0.29) is 11.4 Å². The number of pyridine rings is 1. The molecule has 2 heterocycles. The number of nitrogens with zero attached hydrogens (tertiary/aromatic N) is 3. The number of hydrogen-bond acceptors (Lipinski definition) is 7. The Balaban J connectivity index is 1.79. The molecule has 7 nitrogen and oxygen atoms in total. The molecule has 0 unspecified atom stereocenters. The van der Waals surface area contributed by atoms with Gasteiger partial charge in [0.1, 0.15) is 0 Å². The van der Waals surface area contributed by atoms with Gasteiger partial charge in [-0.1, -0.05) is 18.2 Å². The summed E-state index contributed by atoms with van der Waals surface area (Å²) in [4.78, 5) is 33.3. The van der Waals surface area contributed by atoms with Crippen LogP contribution in [0.4, 0.5) is 5.69 Å². The van der Waals surface area contributed by atoms with E-state index >= 15 is 0 Å². The Labute approximate surface area is 175 Å². The fourth-order valence-electron chi connectivity index (χ4n) is 3.03. The molecule has 0 spiro atoms. The lowest BCUT2D eigenvalue weighted by Gasteiger charge is -2.11. The lowest BCUT2D eigenvalue weighted by molar-refractivity contribution is 0.0526. The van der Waals surface area contributed by atoms with Crippen LogP contribution in [0.2, 0.25) is 0 Å². The normalized spacial score (nSPS) is 11.2. The van der Waals surface area contributed by atoms with Crippen LogP contribution in [0.15, 0.2) is 69.9 Å². The van der Waals surface area contributed by atoms with Crippen molar-refractivity contribution in [1.82, 2.24) is 9.55 Å². The van der Waals surface area contributed by atoms with Gasteiger partial charge in [-0.2, -0.15) is 0 Å². The highest BCUT2D eigenvalue weighted by Gasteiger charge is 2.17. The van der Waals surface area contributed by atoms with E-state index in [2.05, 4.69) is 9.98 Å². The predicted octanol–water partition coefficient (Wildman–Crippen LogP) is 4.08. The van der Waals surface area contributed by atoms with E-state index in [4.69, 9.17) is 4.74 Å². The SMILES string of the molecule is CCOC(=O)c1ccc(N=Cc2c(O)n(-c3nccs3)c(=O)c3ccccc23)cc1. The molecule has 1 N–H and O–H groups in total. The maximum absolute atomic E-state index is 12.9. The molecule has 0 saturated carbocycles. The standard InChI is InChI=1S/C22H17N3O4S/c1-2-29-21(28)14-7-9-15(10-8-14)24-13-18-16-5-3-4-6-17(16)19(26)25(20(18)27)22-23-11-12-30-22/h3-13,27H,2H2,1H3. The average molecular weight is 419 g/mol. The second kappa shape index (κ2) is 8.30. The van der Waals surface area contributed by atoms with Crippen LogP contribution in [0.1, 0.15) is 22.8 Å². The number of aliphatic imine (C=N–C) groups is 1. The monoisotopic (exact) mass is 419 g/mol. The summed E-state index contributed by atoms with van der Waals surface area (Å²) in [5.74, 6) is -0.632. The van der Waals surface area contributed by atoms with E-state index < -0.39 is 5.97 Å². The quantitative estimate of drug-likeness (QED) is 0.389. The molecule has 4 aromatic rings. The maximum Gasteiger partial charge on any atom is 0.338 e. The molecule has 0 bridgehead atoms. The topological polar surface area (TPSA) is 93.8 Å². The van der Waals surface area contributed by atoms with Gasteiger partial charge in [0.15, 0.2) is 5.13 Å². The number of ether oxygens (including phenoxy) is 1. The molecule has 2 aromatic heterocycles. The highest BCUT2D eigenvalue weighted by atomic mass is 32.1. The molecule has 0 aliphatic rings. The number of carbonyl (C=O) groups excluding carboxylic acids is 1. The van der Waals surface area contributed by atoms with Gasteiger partial charge in [-0.3, -0.25) is 9.79 Å². The number of benzene rings is 2. The van der Waals surface area contributed by atoms with Crippen LogP contribution in [-0.2, 0) is 4.74 Å². The summed E-state index contributed by atoms with van der Waals surface area (Å²) in [7, 11) is 0. The van der Waals surface area contributed by atoms with Crippen LogP contribution in [0, 0.1) is 0 Å². The Morgan fingerprint density at radius 1 is 1.20 bits per heavy atom. The molecule has 0 amide bonds. The highest BCUT2D eigenvalue weighted by molar-refractivity contribution is 7.12. The Kier molecular flexibility index (Phi) is 5.40. The van der Waals surface area contributed by atoms with Crippen molar-refractivity contribution in [3.63, 3.8) is 0 Å². The first-order valence-electron chi connectivity index (χ1n) is 9.18. The van der Waals surface area contributed by atoms with Crippen molar-refractivity contribution >= 4 is 40.0 Å². The van der Waals surface area contributed by atoms with Gasteiger partial charge in [-0.05, 0) is 37.3 Å². The minimum atomic E-state index is -0.396. The molecule has 2 aromatic carbocycles. The van der Waals surface area contributed by atoms with Crippen LogP contribution in [-0.4, -0.2) is 33.4 Å². The van der Waals surface area contributed by atoms with E-state index in [9.17, 15) is 14.7 Å². The molecule has 0 saturated heterocycles. The van der Waals surface area contributed by atoms with Crippen molar-refractivity contribution in [2.24, 2.45) is 4.99 Å². The van der Waals surface area contributed by atoms with Crippen LogP contribution in [0.25, 0.3) is 15.9 Å². The van der Waals surface area contributed by atoms with Crippen molar-refractivity contribution in [2.45, 2.75) is 6.92 Å². The smallest absolute Gasteiger partial charge is 0.338 e. The van der Waals surface area contributed by atoms with E-state index in [1.54, 1.807) is 67.0 Å². The molecule has 30 heavy (non-hydrogen) atoms. The number of hydrogen-bond donors (Lipinski definition) is 1. The van der Waals surface area contributed by atoms with Gasteiger partial charge in [0.2, 0.25) is 5.88 Å². The fourth-order valence-corrected chi connectivity index (χ4v) is 3.67. The minimum absolute atomic E-state index is 0.236. The summed E-state index contributed by atoms with van der Waals surface area (Å²) in [5.41, 5.74) is 1.06. The molecule has 8 heteroatoms. The van der Waals surface area contributed by atoms with Crippen LogP contribution in [0.5, 0.6) is 5.88 Å². The molecule has 0 aliphatic carbocycles. The molecular formula is C22H17N3O4S. The van der Waals surface area contributed by atoms with E-state index in [0.29, 0.717) is 39.3 Å². The molecule has 0 fully saturated rings. The van der Waals surface area contributed by atoms with E-state index in [1.807, 2.05) is 0 Å². The van der Waals surface area contributed by atoms with Crippen molar-refractivity contribution < 1.29 is 14.6 Å². The lowest BCUT2D eigenvalue weighted by Crippen LogP contribution is -2.19. The van der Waals surface area contributed by atoms with E-state index in [0.717, 1.165) is 0 Å². The summed E-state index contributed by atoms with van der Waals surface area (Å²) < 4.78 is 6.15. The Bertz CT molecular complexity index is 1290. The summed E-state index contributed by atoms with van der Waals surface area (Å²) in [6.07, 6.45) is 3.07. The Hall–Kier alpha value is -3.78. The fraction of sp³-hybridized carbons (Fsp3) is 0.0909. The molecular weight excluding hydrogens is 402 g/mol. The summed E-state index contributed by atoms with van der Waals surface area (Å²) in [5, 5.41) is 14.0. The Morgan fingerprint density at radius 2 is 1.93 bits per heavy atom. The molecule has 150 valence electrons. The third-order valence-corrected chi connectivity index (χ3v) is 5.19. The largest absolute Gasteiger partial charge is 0.494 e. The van der Waals surface area contributed by atoms with Gasteiger partial charge >= 0.3 is 5.97 Å². The molecule has 0 radical (unpaired) electrons. The Morgan fingerprint density at radius 3 is 2.60 bits per heavy atom. The predicted molar refractivity (Wildman–Crippen MR) is 117 cm³/mol. The first kappa shape index (κ1) is 19.5. The summed E-state index contributed by atoms with van der Waals surface area (Å²) >= 11 is 1.25. The third kappa shape index (κ3) is 3.60. The number of aromatic nitrogens is 2. The number of esters is 1. The van der Waals surface area contributed by atoms with Gasteiger partial charge in [0.25, 0.3) is 5.56 Å². The van der Waals surface area contributed by atoms with Gasteiger partial charge in [0, 0.05) is 28.6 Å². The maximum atomic E-state index is 12.9. The molecule has 0 aliphatic heterocycles. The third-order valence-electron chi connectivity index (χ3n) is 4.44. The molecule has 4 rings (SSSR count). The minimum Gasteiger partial charge on any atom is -0.494 e. The van der Waals surface area contributed by atoms with Crippen molar-refractivity contribution in [3.8, 4) is 11.0 Å². The van der Waals surface area contributed by atoms with Crippen molar-refractivity contribution in [2.75, 3.05) is 6.61 Å². The zero-order chi connectivity index (χ0) is 21.1. The van der Waals surface area contributed by atoms with Gasteiger partial charge < -0.3 is 9.84 Å². The van der Waals surface area contributed by atoms with Crippen LogP contribution < -0.4 is 5.56 Å². The number of aromatic hydroxyl groups is 1. The van der Waals surface area contributed by atoms with Crippen LogP contribution in [0.3, 0.4) is 0 Å². The summed E-state index contributed by atoms with van der Waals surface area (Å²) in [6, 6.07) is 13.6. The number of rotatable bonds is 5. The number of fused-ring (bicyclic) bond motifs is 1. The van der Waals surface area contributed by atoms with Crippen LogP contribution >= 0.6 is 11.3 Å². The van der Waals surface area contributed by atoms with Crippen molar-refractivity contribution in [1.29, 1.82) is 0 Å². The van der Waals surface area contributed by atoms with Crippen molar-refractivity contribution in [3.05, 3.63) is 81.6 Å². The zero-order valence-electron chi connectivity index (χ0n) is 16.0. The first-order chi connectivity index (χ1) is 14.6. The molecule has 0 atom stereocenters. The second-order valence-corrected chi connectivity index (χ2v) is 7.14. The number of thiazole rings is 1. The highest BCUT2D eigenvalue weighted by Crippen LogP contribution is 2.27. The summed E-state index contributed by atoms with van der Waals surface area (Å²) in [6.45, 7) is 2.05. The first-order valence-corrected chi connectivity index (χ1v) is 10.1. The lowest BCUT2D eigenvalue weighted by atomic mass is 10.1.